The monoisotopic (exact) mass is 500 g/mol. The molecule has 37 heavy (non-hydrogen) atoms. The molecule has 0 saturated carbocycles. The van der Waals surface area contributed by atoms with Crippen molar-refractivity contribution in [3.05, 3.63) is 89.0 Å². The van der Waals surface area contributed by atoms with Crippen LogP contribution in [0, 0.1) is 6.92 Å². The molecule has 1 amide bonds. The number of fused-ring (bicyclic) bond motifs is 1. The van der Waals surface area contributed by atoms with Gasteiger partial charge in [0.05, 0.1) is 7.11 Å². The first kappa shape index (κ1) is 24.7. The van der Waals surface area contributed by atoms with Gasteiger partial charge < -0.3 is 23.8 Å². The second-order valence-electron chi connectivity index (χ2n) is 9.30. The predicted molar refractivity (Wildman–Crippen MR) is 142 cm³/mol. The van der Waals surface area contributed by atoms with Crippen LogP contribution in [0.25, 0.3) is 6.08 Å². The quantitative estimate of drug-likeness (QED) is 0.419. The summed E-state index contributed by atoms with van der Waals surface area (Å²) in [5, 5.41) is 0. The highest BCUT2D eigenvalue weighted by Crippen LogP contribution is 2.33. The molecule has 2 heterocycles. The van der Waals surface area contributed by atoms with Gasteiger partial charge in [-0.2, -0.15) is 0 Å². The van der Waals surface area contributed by atoms with Gasteiger partial charge in [0, 0.05) is 44.4 Å². The maximum atomic E-state index is 12.9. The number of benzene rings is 3. The van der Waals surface area contributed by atoms with Crippen molar-refractivity contribution in [2.75, 3.05) is 40.1 Å². The van der Waals surface area contributed by atoms with Crippen LogP contribution in [0.2, 0.25) is 0 Å². The molecule has 1 saturated heterocycles. The van der Waals surface area contributed by atoms with Crippen LogP contribution in [0.5, 0.6) is 23.0 Å². The minimum Gasteiger partial charge on any atom is -0.496 e. The molecule has 3 aromatic rings. The Kier molecular flexibility index (Phi) is 7.61. The molecule has 2 aliphatic heterocycles. The predicted octanol–water partition coefficient (Wildman–Crippen LogP) is 4.67. The first-order valence-electron chi connectivity index (χ1n) is 12.5. The summed E-state index contributed by atoms with van der Waals surface area (Å²) in [6, 6.07) is 19.9. The first-order chi connectivity index (χ1) is 18.1. The highest BCUT2D eigenvalue weighted by Gasteiger charge is 2.21. The van der Waals surface area contributed by atoms with Crippen LogP contribution >= 0.6 is 0 Å². The minimum absolute atomic E-state index is 0.0241. The van der Waals surface area contributed by atoms with Gasteiger partial charge in [0.1, 0.15) is 18.1 Å². The summed E-state index contributed by atoms with van der Waals surface area (Å²) < 4.78 is 22.3. The van der Waals surface area contributed by atoms with Gasteiger partial charge in [-0.05, 0) is 60.5 Å². The van der Waals surface area contributed by atoms with Crippen LogP contribution in [-0.2, 0) is 17.9 Å². The molecule has 0 aromatic heterocycles. The van der Waals surface area contributed by atoms with E-state index in [4.69, 9.17) is 18.9 Å². The maximum absolute atomic E-state index is 12.9. The lowest BCUT2D eigenvalue weighted by molar-refractivity contribution is -0.127. The number of hydrogen-bond acceptors (Lipinski definition) is 6. The van der Waals surface area contributed by atoms with E-state index in [1.54, 1.807) is 13.2 Å². The fraction of sp³-hybridized carbons (Fsp3) is 0.300. The van der Waals surface area contributed by atoms with E-state index in [2.05, 4.69) is 11.0 Å². The van der Waals surface area contributed by atoms with Crippen molar-refractivity contribution in [1.29, 1.82) is 0 Å². The second-order valence-corrected chi connectivity index (χ2v) is 9.30. The van der Waals surface area contributed by atoms with Crippen molar-refractivity contribution in [3.8, 4) is 23.0 Å². The van der Waals surface area contributed by atoms with Gasteiger partial charge in [-0.1, -0.05) is 29.8 Å². The zero-order chi connectivity index (χ0) is 25.6. The zero-order valence-corrected chi connectivity index (χ0v) is 21.3. The van der Waals surface area contributed by atoms with Gasteiger partial charge in [0.15, 0.2) is 11.5 Å². The highest BCUT2D eigenvalue weighted by molar-refractivity contribution is 5.91. The smallest absolute Gasteiger partial charge is 0.246 e. The number of amides is 1. The molecular formula is C30H32N2O5. The lowest BCUT2D eigenvalue weighted by atomic mass is 10.1. The largest absolute Gasteiger partial charge is 0.496 e. The third-order valence-electron chi connectivity index (χ3n) is 6.67. The number of hydrogen-bond donors (Lipinski definition) is 0. The zero-order valence-electron chi connectivity index (χ0n) is 21.3. The molecular weight excluding hydrogens is 468 g/mol. The lowest BCUT2D eigenvalue weighted by Gasteiger charge is -2.34. The molecule has 7 heteroatoms. The summed E-state index contributed by atoms with van der Waals surface area (Å²) in [6.45, 7) is 6.60. The van der Waals surface area contributed by atoms with E-state index < -0.39 is 0 Å². The number of ether oxygens (including phenoxy) is 4. The average molecular weight is 501 g/mol. The van der Waals surface area contributed by atoms with E-state index in [0.29, 0.717) is 19.7 Å². The Hall–Kier alpha value is -3.97. The molecule has 1 fully saturated rings. The molecule has 192 valence electrons. The Morgan fingerprint density at radius 3 is 2.51 bits per heavy atom. The molecule has 0 aliphatic carbocycles. The number of aryl methyl sites for hydroxylation is 1. The van der Waals surface area contributed by atoms with E-state index in [0.717, 1.165) is 53.8 Å². The normalized spacial score (nSPS) is 15.2. The minimum atomic E-state index is 0.0241. The SMILES string of the molecule is COc1ccc(/C=C/C(=O)N2CCN(Cc3ccc4c(c3)OCO4)CC2)cc1COc1ccc(C)cc1. The third-order valence-corrected chi connectivity index (χ3v) is 6.67. The lowest BCUT2D eigenvalue weighted by Crippen LogP contribution is -2.47. The van der Waals surface area contributed by atoms with Gasteiger partial charge in [-0.25, -0.2) is 0 Å². The van der Waals surface area contributed by atoms with Crippen molar-refractivity contribution in [3.63, 3.8) is 0 Å². The number of nitrogens with zero attached hydrogens (tertiary/aromatic N) is 2. The molecule has 3 aromatic carbocycles. The van der Waals surface area contributed by atoms with Crippen LogP contribution in [0.15, 0.2) is 66.7 Å². The molecule has 5 rings (SSSR count). The molecule has 0 bridgehead atoms. The van der Waals surface area contributed by atoms with Crippen molar-refractivity contribution >= 4 is 12.0 Å². The molecule has 0 N–H and O–H groups in total. The van der Waals surface area contributed by atoms with Crippen LogP contribution in [-0.4, -0.2) is 55.8 Å². The summed E-state index contributed by atoms with van der Waals surface area (Å²) in [6.07, 6.45) is 3.51. The van der Waals surface area contributed by atoms with Crippen molar-refractivity contribution in [1.82, 2.24) is 9.80 Å². The van der Waals surface area contributed by atoms with E-state index in [9.17, 15) is 4.79 Å². The summed E-state index contributed by atoms with van der Waals surface area (Å²) in [4.78, 5) is 17.1. The number of piperazine rings is 1. The Labute approximate surface area is 217 Å². The average Bonchev–Trinajstić information content (AvgIpc) is 3.40. The van der Waals surface area contributed by atoms with Crippen molar-refractivity contribution in [2.24, 2.45) is 0 Å². The maximum Gasteiger partial charge on any atom is 0.246 e. The van der Waals surface area contributed by atoms with Gasteiger partial charge in [-0.3, -0.25) is 9.69 Å². The summed E-state index contributed by atoms with van der Waals surface area (Å²) in [5.74, 6) is 3.19. The topological polar surface area (TPSA) is 60.5 Å². The number of methoxy groups -OCH3 is 1. The molecule has 2 aliphatic rings. The van der Waals surface area contributed by atoms with Gasteiger partial charge in [-0.15, -0.1) is 0 Å². The number of rotatable bonds is 8. The third kappa shape index (κ3) is 6.24. The summed E-state index contributed by atoms with van der Waals surface area (Å²) in [7, 11) is 1.65. The Bertz CT molecular complexity index is 1260. The molecule has 0 unspecified atom stereocenters. The standard InChI is InChI=1S/C30H32N2O5/c1-22-3-8-26(9-4-22)35-20-25-17-23(5-10-27(25)34-2)7-12-30(33)32-15-13-31(14-16-32)19-24-6-11-28-29(18-24)37-21-36-28/h3-12,17-18H,13-16,19-21H2,1-2H3/b12-7+. The molecule has 0 radical (unpaired) electrons. The van der Waals surface area contributed by atoms with Gasteiger partial charge >= 0.3 is 0 Å². The molecule has 7 nitrogen and oxygen atoms in total. The van der Waals surface area contributed by atoms with Crippen LogP contribution in [0.3, 0.4) is 0 Å². The van der Waals surface area contributed by atoms with Crippen molar-refractivity contribution in [2.45, 2.75) is 20.1 Å². The Balaban J connectivity index is 1.14. The summed E-state index contributed by atoms with van der Waals surface area (Å²) >= 11 is 0. The van der Waals surface area contributed by atoms with E-state index in [-0.39, 0.29) is 12.7 Å². The highest BCUT2D eigenvalue weighted by atomic mass is 16.7. The number of carbonyl (C=O) groups is 1. The fourth-order valence-electron chi connectivity index (χ4n) is 4.51. The van der Waals surface area contributed by atoms with E-state index >= 15 is 0 Å². The Morgan fingerprint density at radius 1 is 0.946 bits per heavy atom. The Morgan fingerprint density at radius 2 is 1.73 bits per heavy atom. The van der Waals surface area contributed by atoms with E-state index in [1.807, 2.05) is 72.5 Å². The van der Waals surface area contributed by atoms with Gasteiger partial charge in [0.25, 0.3) is 0 Å². The van der Waals surface area contributed by atoms with Crippen LogP contribution in [0.4, 0.5) is 0 Å². The van der Waals surface area contributed by atoms with Crippen LogP contribution < -0.4 is 18.9 Å². The molecule has 0 spiro atoms. The summed E-state index contributed by atoms with van der Waals surface area (Å²) in [5.41, 5.74) is 4.23. The van der Waals surface area contributed by atoms with Gasteiger partial charge in [0.2, 0.25) is 12.7 Å². The molecule has 0 atom stereocenters. The van der Waals surface area contributed by atoms with Crippen molar-refractivity contribution < 1.29 is 23.7 Å². The first-order valence-corrected chi connectivity index (χ1v) is 12.5. The fourth-order valence-corrected chi connectivity index (χ4v) is 4.51. The van der Waals surface area contributed by atoms with Crippen LogP contribution in [0.1, 0.15) is 22.3 Å². The second kappa shape index (κ2) is 11.4. The van der Waals surface area contributed by atoms with E-state index in [1.165, 1.54) is 11.1 Å². The number of carbonyl (C=O) groups excluding carboxylic acids is 1.